The lowest BCUT2D eigenvalue weighted by molar-refractivity contribution is -0.134. The third kappa shape index (κ3) is 4.32. The highest BCUT2D eigenvalue weighted by Gasteiger charge is 2.45. The summed E-state index contributed by atoms with van der Waals surface area (Å²) in [6.07, 6.45) is 5.92. The number of nitrogens with zero attached hydrogens (tertiary/aromatic N) is 3. The smallest absolute Gasteiger partial charge is 0.262 e. The maximum absolute atomic E-state index is 13.3. The molecule has 2 aliphatic heterocycles. The molecule has 9 nitrogen and oxygen atoms in total. The minimum Gasteiger partial charge on any atom is -0.467 e. The van der Waals surface area contributed by atoms with Crippen molar-refractivity contribution in [3.05, 3.63) is 63.0 Å². The zero-order valence-electron chi connectivity index (χ0n) is 19.5. The molecular weight excluding hydrogens is 466 g/mol. The molecule has 3 aromatic rings. The number of aromatic amines is 1. The largest absolute Gasteiger partial charge is 0.467 e. The number of likely N-dealkylation sites (tertiary alicyclic amines) is 2. The lowest BCUT2D eigenvalue weighted by atomic mass is 9.83. The Morgan fingerprint density at radius 3 is 2.49 bits per heavy atom. The summed E-state index contributed by atoms with van der Waals surface area (Å²) < 4.78 is 7.04. The first kappa shape index (κ1) is 23.5. The van der Waals surface area contributed by atoms with Crippen molar-refractivity contribution in [3.63, 3.8) is 0 Å². The Morgan fingerprint density at radius 2 is 1.83 bits per heavy atom. The Hall–Kier alpha value is -3.24. The molecule has 0 saturated carbocycles. The van der Waals surface area contributed by atoms with Gasteiger partial charge in [0.2, 0.25) is 5.91 Å². The van der Waals surface area contributed by atoms with Gasteiger partial charge in [-0.3, -0.25) is 23.9 Å². The number of nitrogens with one attached hydrogen (secondary N) is 1. The van der Waals surface area contributed by atoms with Crippen molar-refractivity contribution in [2.45, 2.75) is 44.2 Å². The summed E-state index contributed by atoms with van der Waals surface area (Å²) >= 11 is 5.41. The Morgan fingerprint density at radius 1 is 1.09 bits per heavy atom. The number of aromatic nitrogens is 2. The summed E-state index contributed by atoms with van der Waals surface area (Å²) in [6.45, 7) is 2.88. The van der Waals surface area contributed by atoms with Crippen LogP contribution in [0.15, 0.2) is 45.8 Å². The molecule has 0 unspecified atom stereocenters. The summed E-state index contributed by atoms with van der Waals surface area (Å²) in [5.41, 5.74) is 5.93. The molecular formula is C25H29N5O4S. The maximum Gasteiger partial charge on any atom is 0.262 e. The fourth-order valence-corrected chi connectivity index (χ4v) is 5.65. The number of piperidine rings is 2. The molecule has 0 spiro atoms. The van der Waals surface area contributed by atoms with E-state index in [0.29, 0.717) is 48.2 Å². The molecule has 2 amide bonds. The van der Waals surface area contributed by atoms with E-state index < -0.39 is 5.54 Å². The summed E-state index contributed by atoms with van der Waals surface area (Å²) in [6, 6.07) is 8.53. The average molecular weight is 496 g/mol. The van der Waals surface area contributed by atoms with Crippen molar-refractivity contribution in [1.82, 2.24) is 19.4 Å². The second-order valence-corrected chi connectivity index (χ2v) is 9.78. The van der Waals surface area contributed by atoms with Gasteiger partial charge in [0.25, 0.3) is 11.5 Å². The van der Waals surface area contributed by atoms with E-state index in [4.69, 9.17) is 22.4 Å². The lowest BCUT2D eigenvalue weighted by Gasteiger charge is -2.48. The van der Waals surface area contributed by atoms with Crippen molar-refractivity contribution in [3.8, 4) is 0 Å². The molecule has 2 aromatic heterocycles. The van der Waals surface area contributed by atoms with Crippen molar-refractivity contribution in [1.29, 1.82) is 0 Å². The number of benzene rings is 1. The van der Waals surface area contributed by atoms with Gasteiger partial charge < -0.3 is 20.0 Å². The zero-order chi connectivity index (χ0) is 24.6. The number of primary amides is 1. The summed E-state index contributed by atoms with van der Waals surface area (Å²) in [5.74, 6) is 0.192. The van der Waals surface area contributed by atoms with Gasteiger partial charge in [0, 0.05) is 18.7 Å². The third-order valence-electron chi connectivity index (χ3n) is 7.42. The predicted octanol–water partition coefficient (Wildman–Crippen LogP) is 2.65. The molecule has 5 rings (SSSR count). The summed E-state index contributed by atoms with van der Waals surface area (Å²) in [4.78, 5) is 45.9. The van der Waals surface area contributed by atoms with E-state index in [0.717, 1.165) is 25.9 Å². The van der Waals surface area contributed by atoms with E-state index in [1.54, 1.807) is 41.5 Å². The van der Waals surface area contributed by atoms with Crippen LogP contribution in [-0.4, -0.2) is 62.9 Å². The van der Waals surface area contributed by atoms with Gasteiger partial charge in [-0.25, -0.2) is 0 Å². The molecule has 184 valence electrons. The molecule has 4 heterocycles. The molecule has 0 bridgehead atoms. The number of carbonyl (C=O) groups is 2. The number of furan rings is 1. The first-order chi connectivity index (χ1) is 16.9. The second kappa shape index (κ2) is 9.43. The normalized spacial score (nSPS) is 18.6. The van der Waals surface area contributed by atoms with Gasteiger partial charge in [-0.15, -0.1) is 0 Å². The van der Waals surface area contributed by atoms with E-state index in [-0.39, 0.29) is 28.7 Å². The van der Waals surface area contributed by atoms with E-state index in [1.807, 2.05) is 0 Å². The van der Waals surface area contributed by atoms with Crippen LogP contribution in [0.2, 0.25) is 0 Å². The molecule has 0 atom stereocenters. The molecule has 2 aliphatic rings. The van der Waals surface area contributed by atoms with Crippen LogP contribution in [0, 0.1) is 4.77 Å². The second-order valence-electron chi connectivity index (χ2n) is 9.40. The SMILES string of the molecule is NC(=O)C1(N2CCCCC2)CCN(C(=O)c2ccc3c(=O)n(Cc4ccco4)c(=S)[nH]c3c2)CC1. The molecule has 0 aliphatic carbocycles. The fraction of sp³-hybridized carbons (Fsp3) is 0.440. The molecule has 3 N–H and O–H groups in total. The third-order valence-corrected chi connectivity index (χ3v) is 7.74. The number of amides is 2. The van der Waals surface area contributed by atoms with Crippen LogP contribution < -0.4 is 11.3 Å². The first-order valence-electron chi connectivity index (χ1n) is 12.0. The number of carbonyl (C=O) groups excluding carboxylic acids is 2. The van der Waals surface area contributed by atoms with Crippen LogP contribution in [0.4, 0.5) is 0 Å². The monoisotopic (exact) mass is 495 g/mol. The standard InChI is InChI=1S/C25H29N5O4S/c26-23(33)25(29-10-2-1-3-11-29)8-12-28(13-9-25)21(31)17-6-7-19-20(15-17)27-24(35)30(22(19)32)16-18-5-4-14-34-18/h4-7,14-15H,1-3,8-13,16H2,(H2,26,33)(H,27,35). The van der Waals surface area contributed by atoms with Gasteiger partial charge >= 0.3 is 0 Å². The number of hydrogen-bond acceptors (Lipinski definition) is 6. The van der Waals surface area contributed by atoms with E-state index in [9.17, 15) is 14.4 Å². The lowest BCUT2D eigenvalue weighted by Crippen LogP contribution is -2.63. The number of rotatable bonds is 5. The highest BCUT2D eigenvalue weighted by molar-refractivity contribution is 7.71. The van der Waals surface area contributed by atoms with Crippen LogP contribution in [0.25, 0.3) is 10.9 Å². The Labute approximate surface area is 207 Å². The van der Waals surface area contributed by atoms with Crippen molar-refractivity contribution in [2.75, 3.05) is 26.2 Å². The molecule has 35 heavy (non-hydrogen) atoms. The van der Waals surface area contributed by atoms with Gasteiger partial charge in [-0.05, 0) is 81.3 Å². The van der Waals surface area contributed by atoms with E-state index in [2.05, 4.69) is 9.88 Å². The molecule has 1 aromatic carbocycles. The van der Waals surface area contributed by atoms with Crippen LogP contribution in [0.1, 0.15) is 48.2 Å². The van der Waals surface area contributed by atoms with Gasteiger partial charge in [0.05, 0.1) is 23.7 Å². The average Bonchev–Trinajstić information content (AvgIpc) is 3.39. The molecule has 2 fully saturated rings. The molecule has 0 radical (unpaired) electrons. The molecule has 2 saturated heterocycles. The Balaban J connectivity index is 1.36. The topological polar surface area (TPSA) is 118 Å². The number of H-pyrrole nitrogens is 1. The Bertz CT molecular complexity index is 1360. The van der Waals surface area contributed by atoms with Crippen molar-refractivity contribution < 1.29 is 14.0 Å². The van der Waals surface area contributed by atoms with Gasteiger partial charge in [-0.2, -0.15) is 0 Å². The van der Waals surface area contributed by atoms with E-state index >= 15 is 0 Å². The molecule has 10 heteroatoms. The van der Waals surface area contributed by atoms with Crippen molar-refractivity contribution in [2.24, 2.45) is 5.73 Å². The van der Waals surface area contributed by atoms with Crippen LogP contribution >= 0.6 is 12.2 Å². The Kier molecular flexibility index (Phi) is 6.33. The number of nitrogens with two attached hydrogens (primary N) is 1. The first-order valence-corrected chi connectivity index (χ1v) is 12.4. The quantitative estimate of drug-likeness (QED) is 0.526. The van der Waals surface area contributed by atoms with Gasteiger partial charge in [0.15, 0.2) is 4.77 Å². The van der Waals surface area contributed by atoms with Gasteiger partial charge in [-0.1, -0.05) is 6.42 Å². The van der Waals surface area contributed by atoms with Crippen LogP contribution in [-0.2, 0) is 11.3 Å². The maximum atomic E-state index is 13.3. The highest BCUT2D eigenvalue weighted by atomic mass is 32.1. The van der Waals surface area contributed by atoms with Gasteiger partial charge in [0.1, 0.15) is 11.3 Å². The fourth-order valence-electron chi connectivity index (χ4n) is 5.39. The summed E-state index contributed by atoms with van der Waals surface area (Å²) in [5, 5.41) is 0.443. The van der Waals surface area contributed by atoms with E-state index in [1.165, 1.54) is 11.0 Å². The predicted molar refractivity (Wildman–Crippen MR) is 134 cm³/mol. The zero-order valence-corrected chi connectivity index (χ0v) is 20.3. The minimum absolute atomic E-state index is 0.136. The minimum atomic E-state index is -0.676. The van der Waals surface area contributed by atoms with Crippen LogP contribution in [0.5, 0.6) is 0 Å². The highest BCUT2D eigenvalue weighted by Crippen LogP contribution is 2.32. The number of hydrogen-bond donors (Lipinski definition) is 2. The summed E-state index contributed by atoms with van der Waals surface area (Å²) in [7, 11) is 0. The number of fused-ring (bicyclic) bond motifs is 1. The van der Waals surface area contributed by atoms with Crippen molar-refractivity contribution >= 4 is 34.9 Å². The van der Waals surface area contributed by atoms with Crippen LogP contribution in [0.3, 0.4) is 0 Å².